The van der Waals surface area contributed by atoms with Gasteiger partial charge in [-0.1, -0.05) is 0 Å². The molecule has 5 heteroatoms. The van der Waals surface area contributed by atoms with Crippen LogP contribution in [0.5, 0.6) is 5.75 Å². The van der Waals surface area contributed by atoms with Gasteiger partial charge in [-0.2, -0.15) is 5.10 Å². The minimum absolute atomic E-state index is 0.191. The number of hydrazone groups is 1. The first-order valence-corrected chi connectivity index (χ1v) is 4.57. The van der Waals surface area contributed by atoms with E-state index < -0.39 is 0 Å². The van der Waals surface area contributed by atoms with E-state index in [2.05, 4.69) is 10.5 Å². The quantitative estimate of drug-likeness (QED) is 0.556. The molecular weight excluding hydrogens is 188 g/mol. The first kappa shape index (κ1) is 9.73. The molecule has 0 aliphatic heterocycles. The van der Waals surface area contributed by atoms with E-state index in [0.717, 1.165) is 0 Å². The van der Waals surface area contributed by atoms with Gasteiger partial charge in [0.2, 0.25) is 5.91 Å². The zero-order valence-electron chi connectivity index (χ0n) is 7.37. The van der Waals surface area contributed by atoms with Crippen LogP contribution in [0.25, 0.3) is 0 Å². The predicted molar refractivity (Wildman–Crippen MR) is 52.0 cm³/mol. The van der Waals surface area contributed by atoms with Crippen molar-refractivity contribution in [3.8, 4) is 5.75 Å². The summed E-state index contributed by atoms with van der Waals surface area (Å²) < 4.78 is 0. The number of carbonyl (C=O) groups is 1. The van der Waals surface area contributed by atoms with Crippen molar-refractivity contribution in [1.29, 1.82) is 0 Å². The van der Waals surface area contributed by atoms with Crippen LogP contribution in [0.2, 0.25) is 0 Å². The summed E-state index contributed by atoms with van der Waals surface area (Å²) in [6, 6.07) is 1.59. The summed E-state index contributed by atoms with van der Waals surface area (Å²) in [5.41, 5.74) is 2.91. The minimum Gasteiger partial charge on any atom is -0.506 e. The van der Waals surface area contributed by atoms with Gasteiger partial charge in [0, 0.05) is 6.92 Å². The zero-order chi connectivity index (χ0) is 9.84. The highest BCUT2D eigenvalue weighted by atomic mass is 32.1. The third kappa shape index (κ3) is 2.55. The van der Waals surface area contributed by atoms with E-state index in [-0.39, 0.29) is 11.7 Å². The maximum Gasteiger partial charge on any atom is 0.236 e. The lowest BCUT2D eigenvalue weighted by Gasteiger charge is -1.97. The molecular formula is C8H10N2O2S. The topological polar surface area (TPSA) is 61.7 Å². The van der Waals surface area contributed by atoms with Gasteiger partial charge < -0.3 is 5.11 Å². The summed E-state index contributed by atoms with van der Waals surface area (Å²) in [7, 11) is 0. The molecule has 0 spiro atoms. The van der Waals surface area contributed by atoms with Crippen molar-refractivity contribution < 1.29 is 9.90 Å². The van der Waals surface area contributed by atoms with Crippen LogP contribution in [0.3, 0.4) is 0 Å². The van der Waals surface area contributed by atoms with Crippen molar-refractivity contribution >= 4 is 23.0 Å². The minimum atomic E-state index is -0.226. The fourth-order valence-electron chi connectivity index (χ4n) is 0.787. The Morgan fingerprint density at radius 1 is 1.62 bits per heavy atom. The SMILES string of the molecule is CC(=O)N/N=C(/C)c1sccc1O. The van der Waals surface area contributed by atoms with Gasteiger partial charge in [-0.3, -0.25) is 4.79 Å². The van der Waals surface area contributed by atoms with Crippen LogP contribution in [0.4, 0.5) is 0 Å². The second-order valence-electron chi connectivity index (χ2n) is 2.50. The molecule has 0 fully saturated rings. The molecule has 0 bridgehead atoms. The number of amides is 1. The summed E-state index contributed by atoms with van der Waals surface area (Å²) in [4.78, 5) is 11.2. The van der Waals surface area contributed by atoms with E-state index in [4.69, 9.17) is 0 Å². The number of rotatable bonds is 2. The summed E-state index contributed by atoms with van der Waals surface area (Å²) in [6.45, 7) is 3.10. The molecule has 0 radical (unpaired) electrons. The molecule has 0 aliphatic rings. The number of hydrogen-bond donors (Lipinski definition) is 2. The number of aromatic hydroxyl groups is 1. The predicted octanol–water partition coefficient (Wildman–Crippen LogP) is 1.31. The van der Waals surface area contributed by atoms with Crippen molar-refractivity contribution in [2.45, 2.75) is 13.8 Å². The van der Waals surface area contributed by atoms with Gasteiger partial charge in [0.05, 0.1) is 10.6 Å². The van der Waals surface area contributed by atoms with Crippen LogP contribution in [-0.4, -0.2) is 16.7 Å². The second kappa shape index (κ2) is 4.04. The number of thiophene rings is 1. The van der Waals surface area contributed by atoms with Gasteiger partial charge in [0.25, 0.3) is 0 Å². The van der Waals surface area contributed by atoms with E-state index >= 15 is 0 Å². The van der Waals surface area contributed by atoms with Gasteiger partial charge in [0.15, 0.2) is 0 Å². The third-order valence-electron chi connectivity index (χ3n) is 1.35. The normalized spacial score (nSPS) is 11.4. The number of nitrogens with one attached hydrogen (secondary N) is 1. The van der Waals surface area contributed by atoms with Crippen LogP contribution in [0.1, 0.15) is 18.7 Å². The van der Waals surface area contributed by atoms with Crippen LogP contribution in [0.15, 0.2) is 16.5 Å². The van der Waals surface area contributed by atoms with E-state index in [1.54, 1.807) is 18.4 Å². The molecule has 13 heavy (non-hydrogen) atoms. The van der Waals surface area contributed by atoms with Gasteiger partial charge in [-0.05, 0) is 18.4 Å². The van der Waals surface area contributed by atoms with Crippen molar-refractivity contribution in [3.63, 3.8) is 0 Å². The molecule has 0 unspecified atom stereocenters. The fourth-order valence-corrected chi connectivity index (χ4v) is 1.52. The lowest BCUT2D eigenvalue weighted by Crippen LogP contribution is -2.14. The Kier molecular flexibility index (Phi) is 3.02. The molecule has 4 nitrogen and oxygen atoms in total. The highest BCUT2D eigenvalue weighted by Gasteiger charge is 2.05. The molecule has 1 aromatic heterocycles. The zero-order valence-corrected chi connectivity index (χ0v) is 8.18. The Labute approximate surface area is 79.9 Å². The number of nitrogens with zero attached hydrogens (tertiary/aromatic N) is 1. The van der Waals surface area contributed by atoms with E-state index in [9.17, 15) is 9.90 Å². The van der Waals surface area contributed by atoms with Gasteiger partial charge >= 0.3 is 0 Å². The Morgan fingerprint density at radius 2 is 2.31 bits per heavy atom. The summed E-state index contributed by atoms with van der Waals surface area (Å²) in [6.07, 6.45) is 0. The highest BCUT2D eigenvalue weighted by molar-refractivity contribution is 7.12. The van der Waals surface area contributed by atoms with Gasteiger partial charge in [0.1, 0.15) is 5.75 Å². The summed E-state index contributed by atoms with van der Waals surface area (Å²) in [5, 5.41) is 14.9. The molecule has 0 saturated heterocycles. The average molecular weight is 198 g/mol. The Hall–Kier alpha value is -1.36. The van der Waals surface area contributed by atoms with Crippen LogP contribution in [0, 0.1) is 0 Å². The molecule has 1 rings (SSSR count). The van der Waals surface area contributed by atoms with Crippen molar-refractivity contribution in [3.05, 3.63) is 16.3 Å². The van der Waals surface area contributed by atoms with Crippen LogP contribution >= 0.6 is 11.3 Å². The van der Waals surface area contributed by atoms with E-state index in [0.29, 0.717) is 10.6 Å². The standard InChI is InChI=1S/C8H10N2O2S/c1-5(9-10-6(2)11)8-7(12)3-4-13-8/h3-4,12H,1-2H3,(H,10,11)/b9-5-. The largest absolute Gasteiger partial charge is 0.506 e. The first-order valence-electron chi connectivity index (χ1n) is 3.69. The second-order valence-corrected chi connectivity index (χ2v) is 3.42. The molecule has 0 atom stereocenters. The monoisotopic (exact) mass is 198 g/mol. The molecule has 0 aliphatic carbocycles. The number of carbonyl (C=O) groups excluding carboxylic acids is 1. The van der Waals surface area contributed by atoms with Gasteiger partial charge in [-0.15, -0.1) is 11.3 Å². The Bertz CT molecular complexity index is 344. The molecule has 0 aromatic carbocycles. The molecule has 70 valence electrons. The van der Waals surface area contributed by atoms with Crippen molar-refractivity contribution in [2.24, 2.45) is 5.10 Å². The lowest BCUT2D eigenvalue weighted by molar-refractivity contribution is -0.118. The fraction of sp³-hybridized carbons (Fsp3) is 0.250. The number of hydrogen-bond acceptors (Lipinski definition) is 4. The third-order valence-corrected chi connectivity index (χ3v) is 2.37. The molecule has 1 amide bonds. The van der Waals surface area contributed by atoms with E-state index in [1.807, 2.05) is 0 Å². The maximum atomic E-state index is 10.5. The molecule has 1 heterocycles. The first-order chi connectivity index (χ1) is 6.11. The van der Waals surface area contributed by atoms with E-state index in [1.165, 1.54) is 18.3 Å². The molecule has 1 aromatic rings. The van der Waals surface area contributed by atoms with Crippen LogP contribution in [-0.2, 0) is 4.79 Å². The smallest absolute Gasteiger partial charge is 0.236 e. The molecule has 2 N–H and O–H groups in total. The van der Waals surface area contributed by atoms with Crippen molar-refractivity contribution in [2.75, 3.05) is 0 Å². The molecule has 0 saturated carbocycles. The average Bonchev–Trinajstić information content (AvgIpc) is 2.47. The Balaban J connectivity index is 2.78. The summed E-state index contributed by atoms with van der Waals surface area (Å²) >= 11 is 1.38. The highest BCUT2D eigenvalue weighted by Crippen LogP contribution is 2.23. The Morgan fingerprint density at radius 3 is 2.77 bits per heavy atom. The van der Waals surface area contributed by atoms with Crippen LogP contribution < -0.4 is 5.43 Å². The summed E-state index contributed by atoms with van der Waals surface area (Å²) in [5.74, 6) is -0.0352. The maximum absolute atomic E-state index is 10.5. The lowest BCUT2D eigenvalue weighted by atomic mass is 10.3. The van der Waals surface area contributed by atoms with Gasteiger partial charge in [-0.25, -0.2) is 5.43 Å². The van der Waals surface area contributed by atoms with Crippen molar-refractivity contribution in [1.82, 2.24) is 5.43 Å².